The van der Waals surface area contributed by atoms with Gasteiger partial charge in [-0.2, -0.15) is 0 Å². The highest BCUT2D eigenvalue weighted by Crippen LogP contribution is 2.15. The van der Waals surface area contributed by atoms with Gasteiger partial charge in [-0.3, -0.25) is 9.59 Å². The molecule has 0 fully saturated rings. The first-order valence-corrected chi connectivity index (χ1v) is 6.60. The molecule has 0 spiro atoms. The first-order chi connectivity index (χ1) is 9.38. The highest BCUT2D eigenvalue weighted by molar-refractivity contribution is 5.96. The molecule has 0 aromatic heterocycles. The number of carbonyl (C=O) groups excluding carboxylic acids is 2. The average molecular weight is 281 g/mol. The van der Waals surface area contributed by atoms with Crippen LogP contribution in [0.4, 0.5) is 4.39 Å². The van der Waals surface area contributed by atoms with E-state index in [1.807, 2.05) is 0 Å². The van der Waals surface area contributed by atoms with Crippen molar-refractivity contribution in [2.24, 2.45) is 0 Å². The van der Waals surface area contributed by atoms with Crippen LogP contribution >= 0.6 is 0 Å². The Morgan fingerprint density at radius 2 is 2.00 bits per heavy atom. The van der Waals surface area contributed by atoms with Crippen LogP contribution < -0.4 is 0 Å². The van der Waals surface area contributed by atoms with Crippen LogP contribution in [0.15, 0.2) is 18.2 Å². The summed E-state index contributed by atoms with van der Waals surface area (Å²) in [4.78, 5) is 25.2. The van der Waals surface area contributed by atoms with E-state index in [2.05, 4.69) is 0 Å². The van der Waals surface area contributed by atoms with Gasteiger partial charge < -0.3 is 9.64 Å². The molecule has 1 aromatic rings. The normalized spacial score (nSPS) is 10.5. The molecular formula is C15H20FNO3. The number of rotatable bonds is 5. The molecule has 4 nitrogen and oxygen atoms in total. The van der Waals surface area contributed by atoms with Gasteiger partial charge in [0.1, 0.15) is 12.4 Å². The number of hydrogen-bond donors (Lipinski definition) is 0. The van der Waals surface area contributed by atoms with Crippen LogP contribution in [-0.2, 0) is 9.53 Å². The average Bonchev–Trinajstić information content (AvgIpc) is 2.38. The van der Waals surface area contributed by atoms with Gasteiger partial charge in [0.25, 0.3) is 5.91 Å². The molecule has 0 radical (unpaired) electrons. The number of benzene rings is 1. The Balaban J connectivity index is 3.00. The van der Waals surface area contributed by atoms with Crippen molar-refractivity contribution in [3.63, 3.8) is 0 Å². The van der Waals surface area contributed by atoms with Gasteiger partial charge in [-0.1, -0.05) is 12.1 Å². The van der Waals surface area contributed by atoms with Crippen molar-refractivity contribution in [2.75, 3.05) is 13.2 Å². The summed E-state index contributed by atoms with van der Waals surface area (Å²) in [6, 6.07) is 4.41. The Kier molecular flexibility index (Phi) is 5.67. The van der Waals surface area contributed by atoms with E-state index >= 15 is 0 Å². The highest BCUT2D eigenvalue weighted by Gasteiger charge is 2.24. The number of esters is 1. The maximum absolute atomic E-state index is 14.0. The third-order valence-corrected chi connectivity index (χ3v) is 2.91. The number of ether oxygens (including phenoxy) is 1. The third-order valence-electron chi connectivity index (χ3n) is 2.91. The maximum Gasteiger partial charge on any atom is 0.325 e. The lowest BCUT2D eigenvalue weighted by Gasteiger charge is -2.26. The van der Waals surface area contributed by atoms with Crippen LogP contribution in [0.3, 0.4) is 0 Å². The van der Waals surface area contributed by atoms with Crippen molar-refractivity contribution < 1.29 is 18.7 Å². The number of halogens is 1. The van der Waals surface area contributed by atoms with Crippen molar-refractivity contribution in [2.45, 2.75) is 33.7 Å². The lowest BCUT2D eigenvalue weighted by atomic mass is 10.1. The molecule has 1 amide bonds. The van der Waals surface area contributed by atoms with Crippen LogP contribution in [0.25, 0.3) is 0 Å². The fraction of sp³-hybridized carbons (Fsp3) is 0.467. The maximum atomic E-state index is 14.0. The van der Waals surface area contributed by atoms with Crippen molar-refractivity contribution in [3.05, 3.63) is 35.1 Å². The van der Waals surface area contributed by atoms with E-state index in [0.717, 1.165) is 0 Å². The van der Waals surface area contributed by atoms with Gasteiger partial charge >= 0.3 is 5.97 Å². The Morgan fingerprint density at radius 1 is 1.35 bits per heavy atom. The minimum atomic E-state index is -0.549. The molecule has 1 rings (SSSR count). The second-order valence-electron chi connectivity index (χ2n) is 4.77. The predicted molar refractivity (Wildman–Crippen MR) is 73.9 cm³/mol. The van der Waals surface area contributed by atoms with Gasteiger partial charge in [0, 0.05) is 6.04 Å². The Hall–Kier alpha value is -1.91. The first-order valence-electron chi connectivity index (χ1n) is 6.60. The Morgan fingerprint density at radius 3 is 2.55 bits per heavy atom. The topological polar surface area (TPSA) is 46.6 Å². The highest BCUT2D eigenvalue weighted by atomic mass is 19.1. The number of hydrogen-bond acceptors (Lipinski definition) is 3. The van der Waals surface area contributed by atoms with E-state index in [4.69, 9.17) is 4.74 Å². The molecule has 20 heavy (non-hydrogen) atoms. The number of nitrogens with zero attached hydrogens (tertiary/aromatic N) is 1. The molecule has 0 aliphatic carbocycles. The molecule has 1 aromatic carbocycles. The lowest BCUT2D eigenvalue weighted by molar-refractivity contribution is -0.144. The summed E-state index contributed by atoms with van der Waals surface area (Å²) in [5, 5.41) is 0. The minimum absolute atomic E-state index is 0.0250. The molecule has 5 heteroatoms. The summed E-state index contributed by atoms with van der Waals surface area (Å²) in [5.74, 6) is -1.55. The van der Waals surface area contributed by atoms with E-state index in [9.17, 15) is 14.0 Å². The quantitative estimate of drug-likeness (QED) is 0.779. The van der Waals surface area contributed by atoms with Crippen LogP contribution in [-0.4, -0.2) is 36.0 Å². The lowest BCUT2D eigenvalue weighted by Crippen LogP contribution is -2.41. The van der Waals surface area contributed by atoms with Gasteiger partial charge in [0.05, 0.1) is 12.2 Å². The molecule has 110 valence electrons. The second kappa shape index (κ2) is 7.03. The smallest absolute Gasteiger partial charge is 0.325 e. The fourth-order valence-corrected chi connectivity index (χ4v) is 1.80. The largest absolute Gasteiger partial charge is 0.465 e. The molecule has 0 saturated heterocycles. The van der Waals surface area contributed by atoms with Gasteiger partial charge in [0.2, 0.25) is 0 Å². The molecule has 0 atom stereocenters. The summed E-state index contributed by atoms with van der Waals surface area (Å²) >= 11 is 0. The molecule has 0 unspecified atom stereocenters. The summed E-state index contributed by atoms with van der Waals surface area (Å²) in [7, 11) is 0. The molecule has 0 bridgehead atoms. The molecule has 0 N–H and O–H groups in total. The molecule has 0 heterocycles. The molecule has 0 aliphatic heterocycles. The number of amides is 1. The van der Waals surface area contributed by atoms with Crippen LogP contribution in [0.2, 0.25) is 0 Å². The second-order valence-corrected chi connectivity index (χ2v) is 4.77. The van der Waals surface area contributed by atoms with Crippen LogP contribution in [0.5, 0.6) is 0 Å². The van der Waals surface area contributed by atoms with Gasteiger partial charge in [-0.05, 0) is 39.3 Å². The van der Waals surface area contributed by atoms with E-state index in [-0.39, 0.29) is 24.8 Å². The third kappa shape index (κ3) is 3.79. The number of aryl methyl sites for hydroxylation is 1. The van der Waals surface area contributed by atoms with Crippen molar-refractivity contribution in [1.82, 2.24) is 4.90 Å². The van der Waals surface area contributed by atoms with Crippen molar-refractivity contribution in [1.29, 1.82) is 0 Å². The van der Waals surface area contributed by atoms with E-state index in [0.29, 0.717) is 5.56 Å². The fourth-order valence-electron chi connectivity index (χ4n) is 1.80. The first kappa shape index (κ1) is 16.1. The zero-order valence-corrected chi connectivity index (χ0v) is 12.3. The summed E-state index contributed by atoms with van der Waals surface area (Å²) < 4.78 is 18.8. The van der Waals surface area contributed by atoms with E-state index < -0.39 is 17.7 Å². The van der Waals surface area contributed by atoms with Crippen molar-refractivity contribution >= 4 is 11.9 Å². The van der Waals surface area contributed by atoms with Gasteiger partial charge in [0.15, 0.2) is 0 Å². The van der Waals surface area contributed by atoms with Crippen LogP contribution in [0, 0.1) is 12.7 Å². The van der Waals surface area contributed by atoms with Crippen LogP contribution in [0.1, 0.15) is 36.7 Å². The summed E-state index contributed by atoms with van der Waals surface area (Å²) in [6.45, 7) is 6.89. The SMILES string of the molecule is CCOC(=O)CN(C(=O)c1cccc(C)c1F)C(C)C. The molecular weight excluding hydrogens is 261 g/mol. The number of carbonyl (C=O) groups is 2. The van der Waals surface area contributed by atoms with Gasteiger partial charge in [-0.25, -0.2) is 4.39 Å². The van der Waals surface area contributed by atoms with Gasteiger partial charge in [-0.15, -0.1) is 0 Å². The minimum Gasteiger partial charge on any atom is -0.465 e. The predicted octanol–water partition coefficient (Wildman–Crippen LogP) is 2.55. The molecule has 0 saturated carbocycles. The monoisotopic (exact) mass is 281 g/mol. The zero-order valence-electron chi connectivity index (χ0n) is 12.3. The standard InChI is InChI=1S/C15H20FNO3/c1-5-20-13(18)9-17(10(2)3)15(19)12-8-6-7-11(4)14(12)16/h6-8,10H,5,9H2,1-4H3. The Labute approximate surface area is 118 Å². The zero-order chi connectivity index (χ0) is 15.3. The Bertz CT molecular complexity index is 500. The van der Waals surface area contributed by atoms with E-state index in [1.54, 1.807) is 39.8 Å². The van der Waals surface area contributed by atoms with E-state index in [1.165, 1.54) is 11.0 Å². The molecule has 0 aliphatic rings. The summed E-state index contributed by atoms with van der Waals surface area (Å²) in [5.41, 5.74) is 0.374. The van der Waals surface area contributed by atoms with Crippen molar-refractivity contribution in [3.8, 4) is 0 Å². The summed E-state index contributed by atoms with van der Waals surface area (Å²) in [6.07, 6.45) is 0.